The third-order valence-corrected chi connectivity index (χ3v) is 4.87. The second kappa shape index (κ2) is 6.55. The van der Waals surface area contributed by atoms with Gasteiger partial charge < -0.3 is 10.2 Å². The minimum absolute atomic E-state index is 0.303. The monoisotopic (exact) mass is 338 g/mol. The van der Waals surface area contributed by atoms with Crippen LogP contribution in [0.4, 0.5) is 0 Å². The van der Waals surface area contributed by atoms with Crippen molar-refractivity contribution < 1.29 is 10.2 Å². The van der Waals surface area contributed by atoms with E-state index in [0.717, 1.165) is 37.4 Å². The van der Waals surface area contributed by atoms with Gasteiger partial charge in [-0.25, -0.2) is 0 Å². The number of nitrogens with zero attached hydrogens (tertiary/aromatic N) is 4. The molecule has 0 spiro atoms. The van der Waals surface area contributed by atoms with Crippen molar-refractivity contribution in [2.24, 2.45) is 0 Å². The van der Waals surface area contributed by atoms with Crippen molar-refractivity contribution in [1.29, 1.82) is 0 Å². The number of aliphatic hydroxyl groups excluding tert-OH is 2. The summed E-state index contributed by atoms with van der Waals surface area (Å²) in [6.07, 6.45) is 0.936. The van der Waals surface area contributed by atoms with Crippen LogP contribution in [0.1, 0.15) is 28.6 Å². The summed E-state index contributed by atoms with van der Waals surface area (Å²) in [5.74, 6) is 0. The van der Waals surface area contributed by atoms with Crippen molar-refractivity contribution in [2.75, 3.05) is 13.2 Å². The lowest BCUT2D eigenvalue weighted by molar-refractivity contribution is 0.0915. The molecule has 3 aromatic rings. The molecular formula is C19H22N4O2. The molecule has 4 rings (SSSR count). The molecule has 0 saturated heterocycles. The standard InChI is InChI=1S/C19H22N4O2/c1-13-4-5-14(16-3-2-6-20-19(13)16)10-22-7-8-23-15(11-22)9-17(21-23)18(25)12-24/h2-6,9,18,24-25H,7-8,10-12H2,1H3/t18-/m0/s1. The number of aromatic nitrogens is 3. The molecule has 130 valence electrons. The van der Waals surface area contributed by atoms with Gasteiger partial charge in [0, 0.05) is 31.2 Å². The molecule has 0 aliphatic carbocycles. The van der Waals surface area contributed by atoms with Gasteiger partial charge >= 0.3 is 0 Å². The van der Waals surface area contributed by atoms with E-state index in [2.05, 4.69) is 40.1 Å². The Morgan fingerprint density at radius 3 is 2.96 bits per heavy atom. The SMILES string of the molecule is Cc1ccc(CN2CCn3nc([C@@H](O)CO)cc3C2)c2cccnc12. The van der Waals surface area contributed by atoms with E-state index in [4.69, 9.17) is 5.11 Å². The van der Waals surface area contributed by atoms with Gasteiger partial charge in [0.15, 0.2) is 0 Å². The zero-order chi connectivity index (χ0) is 17.4. The summed E-state index contributed by atoms with van der Waals surface area (Å²) >= 11 is 0. The molecule has 6 nitrogen and oxygen atoms in total. The second-order valence-corrected chi connectivity index (χ2v) is 6.63. The largest absolute Gasteiger partial charge is 0.393 e. The Bertz CT molecular complexity index is 906. The summed E-state index contributed by atoms with van der Waals surface area (Å²) in [4.78, 5) is 6.90. The Morgan fingerprint density at radius 1 is 1.24 bits per heavy atom. The normalized spacial score (nSPS) is 16.1. The molecule has 2 aromatic heterocycles. The highest BCUT2D eigenvalue weighted by molar-refractivity contribution is 5.84. The van der Waals surface area contributed by atoms with Gasteiger partial charge in [0.05, 0.1) is 30.1 Å². The van der Waals surface area contributed by atoms with Crippen molar-refractivity contribution in [1.82, 2.24) is 19.7 Å². The van der Waals surface area contributed by atoms with Crippen LogP contribution in [-0.4, -0.2) is 43.0 Å². The van der Waals surface area contributed by atoms with Crippen LogP contribution in [0.2, 0.25) is 0 Å². The zero-order valence-corrected chi connectivity index (χ0v) is 14.3. The first-order chi connectivity index (χ1) is 12.2. The Balaban J connectivity index is 1.57. The van der Waals surface area contributed by atoms with Gasteiger partial charge in [-0.15, -0.1) is 0 Å². The van der Waals surface area contributed by atoms with Gasteiger partial charge in [0.25, 0.3) is 0 Å². The maximum Gasteiger partial charge on any atom is 0.121 e. The molecule has 1 aromatic carbocycles. The number of hydrogen-bond acceptors (Lipinski definition) is 5. The number of pyridine rings is 1. The summed E-state index contributed by atoms with van der Waals surface area (Å²) in [7, 11) is 0. The third kappa shape index (κ3) is 3.04. The molecule has 1 aliphatic heterocycles. The van der Waals surface area contributed by atoms with Gasteiger partial charge in [0.2, 0.25) is 0 Å². The van der Waals surface area contributed by atoms with E-state index in [9.17, 15) is 5.11 Å². The maximum atomic E-state index is 9.78. The third-order valence-electron chi connectivity index (χ3n) is 4.87. The fourth-order valence-corrected chi connectivity index (χ4v) is 3.49. The lowest BCUT2D eigenvalue weighted by atomic mass is 10.0. The highest BCUT2D eigenvalue weighted by Crippen LogP contribution is 2.24. The van der Waals surface area contributed by atoms with Crippen LogP contribution in [0.5, 0.6) is 0 Å². The average molecular weight is 338 g/mol. The smallest absolute Gasteiger partial charge is 0.121 e. The van der Waals surface area contributed by atoms with Crippen LogP contribution in [0, 0.1) is 6.92 Å². The quantitative estimate of drug-likeness (QED) is 0.758. The number of benzene rings is 1. The van der Waals surface area contributed by atoms with Crippen molar-refractivity contribution in [3.8, 4) is 0 Å². The molecule has 25 heavy (non-hydrogen) atoms. The summed E-state index contributed by atoms with van der Waals surface area (Å²) in [6, 6.07) is 10.3. The van der Waals surface area contributed by atoms with E-state index >= 15 is 0 Å². The fraction of sp³-hybridized carbons (Fsp3) is 0.368. The van der Waals surface area contributed by atoms with Crippen LogP contribution in [0.3, 0.4) is 0 Å². The maximum absolute atomic E-state index is 9.78. The first-order valence-electron chi connectivity index (χ1n) is 8.57. The van der Waals surface area contributed by atoms with Gasteiger partial charge in [-0.3, -0.25) is 14.6 Å². The molecule has 0 saturated carbocycles. The van der Waals surface area contributed by atoms with E-state index in [-0.39, 0.29) is 6.61 Å². The van der Waals surface area contributed by atoms with E-state index in [1.807, 2.05) is 23.0 Å². The summed E-state index contributed by atoms with van der Waals surface area (Å²) in [5.41, 5.74) is 5.15. The minimum atomic E-state index is -0.904. The molecule has 0 fully saturated rings. The van der Waals surface area contributed by atoms with Crippen molar-refractivity contribution in [3.63, 3.8) is 0 Å². The second-order valence-electron chi connectivity index (χ2n) is 6.63. The lowest BCUT2D eigenvalue weighted by Gasteiger charge is -2.28. The lowest BCUT2D eigenvalue weighted by Crippen LogP contribution is -2.33. The number of aryl methyl sites for hydroxylation is 1. The molecule has 0 bridgehead atoms. The molecule has 1 atom stereocenters. The van der Waals surface area contributed by atoms with E-state index < -0.39 is 6.10 Å². The van der Waals surface area contributed by atoms with Gasteiger partial charge in [0.1, 0.15) is 6.10 Å². The predicted molar refractivity (Wildman–Crippen MR) is 94.9 cm³/mol. The molecule has 6 heteroatoms. The van der Waals surface area contributed by atoms with Crippen LogP contribution in [0.15, 0.2) is 36.5 Å². The van der Waals surface area contributed by atoms with Gasteiger partial charge in [-0.1, -0.05) is 18.2 Å². The van der Waals surface area contributed by atoms with Crippen molar-refractivity contribution in [2.45, 2.75) is 32.7 Å². The van der Waals surface area contributed by atoms with Crippen LogP contribution >= 0.6 is 0 Å². The molecule has 1 aliphatic rings. The first kappa shape index (κ1) is 16.2. The van der Waals surface area contributed by atoms with Crippen LogP contribution in [-0.2, 0) is 19.6 Å². The molecule has 0 radical (unpaired) electrons. The Hall–Kier alpha value is -2.28. The summed E-state index contributed by atoms with van der Waals surface area (Å²) < 4.78 is 1.93. The Labute approximate surface area is 146 Å². The van der Waals surface area contributed by atoms with Crippen LogP contribution < -0.4 is 0 Å². The summed E-state index contributed by atoms with van der Waals surface area (Å²) in [5, 5.41) is 24.5. The van der Waals surface area contributed by atoms with Crippen molar-refractivity contribution in [3.05, 3.63) is 59.0 Å². The van der Waals surface area contributed by atoms with Crippen LogP contribution in [0.25, 0.3) is 10.9 Å². The average Bonchev–Trinajstić information content (AvgIpc) is 3.07. The molecular weight excluding hydrogens is 316 g/mol. The van der Waals surface area contributed by atoms with E-state index in [0.29, 0.717) is 5.69 Å². The van der Waals surface area contributed by atoms with E-state index in [1.165, 1.54) is 16.5 Å². The van der Waals surface area contributed by atoms with E-state index in [1.54, 1.807) is 0 Å². The Morgan fingerprint density at radius 2 is 2.12 bits per heavy atom. The fourth-order valence-electron chi connectivity index (χ4n) is 3.49. The number of aliphatic hydroxyl groups is 2. The molecule has 0 unspecified atom stereocenters. The summed E-state index contributed by atoms with van der Waals surface area (Å²) in [6.45, 7) is 5.11. The zero-order valence-electron chi connectivity index (χ0n) is 14.3. The first-order valence-corrected chi connectivity index (χ1v) is 8.57. The molecule has 0 amide bonds. The number of hydrogen-bond donors (Lipinski definition) is 2. The van der Waals surface area contributed by atoms with Crippen molar-refractivity contribution >= 4 is 10.9 Å². The van der Waals surface area contributed by atoms with Gasteiger partial charge in [-0.05, 0) is 30.2 Å². The molecule has 2 N–H and O–H groups in total. The predicted octanol–water partition coefficient (Wildman–Crippen LogP) is 1.78. The highest BCUT2D eigenvalue weighted by Gasteiger charge is 2.21. The van der Waals surface area contributed by atoms with Gasteiger partial charge in [-0.2, -0.15) is 5.10 Å². The number of fused-ring (bicyclic) bond motifs is 2. The highest BCUT2D eigenvalue weighted by atomic mass is 16.3. The topological polar surface area (TPSA) is 74.4 Å². The minimum Gasteiger partial charge on any atom is -0.393 e. The molecule has 3 heterocycles. The Kier molecular flexibility index (Phi) is 4.25. The number of rotatable bonds is 4.